The highest BCUT2D eigenvalue weighted by molar-refractivity contribution is 5.94. The third-order valence-electron chi connectivity index (χ3n) is 7.06. The predicted octanol–water partition coefficient (Wildman–Crippen LogP) is 3.32. The number of carbonyl (C=O) groups is 2. The number of likely N-dealkylation sites (N-methyl/N-ethyl adjacent to an activating group) is 2. The molecule has 2 aromatic rings. The molecule has 0 aliphatic heterocycles. The molecule has 160 valence electrons. The van der Waals surface area contributed by atoms with Gasteiger partial charge >= 0.3 is 5.97 Å². The summed E-state index contributed by atoms with van der Waals surface area (Å²) in [6, 6.07) is 5.47. The first-order valence-electron chi connectivity index (χ1n) is 9.93. The molecule has 2 rings (SSSR count). The lowest BCUT2D eigenvalue weighted by Gasteiger charge is -2.49. The van der Waals surface area contributed by atoms with Crippen LogP contribution >= 0.6 is 0 Å². The quantitative estimate of drug-likeness (QED) is 0.806. The standard InChI is InChI=1S/C23H35N3O3/c1-14-11-12-18-17(13-14)19(15(2)25(18)9)22(4,5)23(6,24(7)8)21(29)26(10)16(3)20(27)28/h11-13,16H,1-10H3,(H,27,28). The van der Waals surface area contributed by atoms with Gasteiger partial charge in [0.1, 0.15) is 11.6 Å². The maximum atomic E-state index is 13.7. The molecule has 2 atom stereocenters. The summed E-state index contributed by atoms with van der Waals surface area (Å²) in [5, 5.41) is 10.6. The molecule has 0 bridgehead atoms. The second kappa shape index (κ2) is 7.48. The van der Waals surface area contributed by atoms with Crippen LogP contribution in [0.4, 0.5) is 0 Å². The minimum Gasteiger partial charge on any atom is -0.480 e. The molecule has 0 fully saturated rings. The Bertz CT molecular complexity index is 958. The van der Waals surface area contributed by atoms with Crippen LogP contribution in [0.5, 0.6) is 0 Å². The number of nitrogens with zero attached hydrogens (tertiary/aromatic N) is 3. The van der Waals surface area contributed by atoms with E-state index in [4.69, 9.17) is 0 Å². The fourth-order valence-corrected chi connectivity index (χ4v) is 4.42. The number of aromatic nitrogens is 1. The molecule has 0 radical (unpaired) electrons. The Morgan fingerprint density at radius 1 is 1.10 bits per heavy atom. The van der Waals surface area contributed by atoms with Gasteiger partial charge in [0.05, 0.1) is 0 Å². The van der Waals surface area contributed by atoms with Crippen molar-refractivity contribution in [2.75, 3.05) is 21.1 Å². The molecule has 0 saturated heterocycles. The van der Waals surface area contributed by atoms with E-state index >= 15 is 0 Å². The highest BCUT2D eigenvalue weighted by Crippen LogP contribution is 2.45. The van der Waals surface area contributed by atoms with Crippen LogP contribution in [-0.2, 0) is 22.1 Å². The van der Waals surface area contributed by atoms with E-state index in [0.717, 1.165) is 27.7 Å². The molecular weight excluding hydrogens is 366 g/mol. The van der Waals surface area contributed by atoms with E-state index in [9.17, 15) is 14.7 Å². The van der Waals surface area contributed by atoms with Gasteiger partial charge in [0.2, 0.25) is 5.91 Å². The molecule has 0 spiro atoms. The van der Waals surface area contributed by atoms with E-state index in [1.807, 2.05) is 33.0 Å². The summed E-state index contributed by atoms with van der Waals surface area (Å²) in [6.07, 6.45) is 0. The average molecular weight is 402 g/mol. The van der Waals surface area contributed by atoms with Crippen LogP contribution in [-0.4, -0.2) is 64.1 Å². The first-order chi connectivity index (χ1) is 13.2. The number of aliphatic carboxylic acids is 1. The van der Waals surface area contributed by atoms with Gasteiger partial charge in [-0.15, -0.1) is 0 Å². The van der Waals surface area contributed by atoms with Gasteiger partial charge in [0, 0.05) is 36.1 Å². The fourth-order valence-electron chi connectivity index (χ4n) is 4.42. The lowest BCUT2D eigenvalue weighted by atomic mass is 9.66. The van der Waals surface area contributed by atoms with E-state index in [0.29, 0.717) is 0 Å². The van der Waals surface area contributed by atoms with Crippen molar-refractivity contribution in [1.29, 1.82) is 0 Å². The van der Waals surface area contributed by atoms with E-state index in [2.05, 4.69) is 50.5 Å². The minimum absolute atomic E-state index is 0.216. The van der Waals surface area contributed by atoms with Gasteiger partial charge in [0.25, 0.3) is 0 Å². The van der Waals surface area contributed by atoms with Crippen LogP contribution in [0, 0.1) is 13.8 Å². The van der Waals surface area contributed by atoms with Crippen LogP contribution in [0.1, 0.15) is 44.5 Å². The van der Waals surface area contributed by atoms with Gasteiger partial charge in [-0.05, 0) is 59.5 Å². The zero-order valence-electron chi connectivity index (χ0n) is 19.4. The monoisotopic (exact) mass is 401 g/mol. The van der Waals surface area contributed by atoms with Crippen molar-refractivity contribution in [2.24, 2.45) is 7.05 Å². The first-order valence-corrected chi connectivity index (χ1v) is 9.93. The van der Waals surface area contributed by atoms with Gasteiger partial charge < -0.3 is 14.6 Å². The van der Waals surface area contributed by atoms with Crippen molar-refractivity contribution >= 4 is 22.8 Å². The fraction of sp³-hybridized carbons (Fsp3) is 0.565. The van der Waals surface area contributed by atoms with E-state index in [1.54, 1.807) is 7.05 Å². The molecule has 1 aromatic heterocycles. The van der Waals surface area contributed by atoms with Crippen molar-refractivity contribution in [1.82, 2.24) is 14.4 Å². The molecule has 6 nitrogen and oxygen atoms in total. The molecule has 1 heterocycles. The molecule has 1 amide bonds. The van der Waals surface area contributed by atoms with E-state index in [1.165, 1.54) is 11.8 Å². The summed E-state index contributed by atoms with van der Waals surface area (Å²) < 4.78 is 2.16. The van der Waals surface area contributed by atoms with Crippen molar-refractivity contribution in [3.05, 3.63) is 35.0 Å². The number of rotatable bonds is 6. The molecule has 0 saturated carbocycles. The van der Waals surface area contributed by atoms with Crippen LogP contribution in [0.15, 0.2) is 18.2 Å². The summed E-state index contributed by atoms with van der Waals surface area (Å²) in [5.41, 5.74) is 2.93. The van der Waals surface area contributed by atoms with Gasteiger partial charge in [0.15, 0.2) is 0 Å². The Morgan fingerprint density at radius 2 is 1.66 bits per heavy atom. The van der Waals surface area contributed by atoms with Crippen molar-refractivity contribution in [3.8, 4) is 0 Å². The average Bonchev–Trinajstić information content (AvgIpc) is 2.88. The largest absolute Gasteiger partial charge is 0.480 e. The third-order valence-corrected chi connectivity index (χ3v) is 7.06. The number of carboxylic acid groups (broad SMARTS) is 1. The van der Waals surface area contributed by atoms with Crippen molar-refractivity contribution in [2.45, 2.75) is 58.5 Å². The number of carbonyl (C=O) groups excluding carboxylic acids is 1. The molecule has 6 heteroatoms. The second-order valence-electron chi connectivity index (χ2n) is 9.06. The Hall–Kier alpha value is -2.34. The number of carboxylic acids is 1. The maximum absolute atomic E-state index is 13.7. The molecular formula is C23H35N3O3. The molecule has 0 aliphatic carbocycles. The van der Waals surface area contributed by atoms with Crippen LogP contribution in [0.2, 0.25) is 0 Å². The van der Waals surface area contributed by atoms with E-state index in [-0.39, 0.29) is 5.91 Å². The number of amides is 1. The van der Waals surface area contributed by atoms with Crippen LogP contribution < -0.4 is 0 Å². The lowest BCUT2D eigenvalue weighted by molar-refractivity contribution is -0.155. The predicted molar refractivity (Wildman–Crippen MR) is 117 cm³/mol. The summed E-state index contributed by atoms with van der Waals surface area (Å²) in [7, 11) is 7.37. The molecule has 1 aromatic carbocycles. The summed E-state index contributed by atoms with van der Waals surface area (Å²) in [4.78, 5) is 28.5. The van der Waals surface area contributed by atoms with Gasteiger partial charge in [-0.25, -0.2) is 4.79 Å². The topological polar surface area (TPSA) is 65.8 Å². The highest BCUT2D eigenvalue weighted by atomic mass is 16.4. The minimum atomic E-state index is -1.02. The van der Waals surface area contributed by atoms with Crippen LogP contribution in [0.3, 0.4) is 0 Å². The first kappa shape index (κ1) is 22.9. The maximum Gasteiger partial charge on any atom is 0.326 e. The highest BCUT2D eigenvalue weighted by Gasteiger charge is 2.53. The van der Waals surface area contributed by atoms with E-state index < -0.39 is 23.0 Å². The van der Waals surface area contributed by atoms with Crippen molar-refractivity contribution in [3.63, 3.8) is 0 Å². The Balaban J connectivity index is 2.78. The zero-order valence-corrected chi connectivity index (χ0v) is 19.4. The van der Waals surface area contributed by atoms with Gasteiger partial charge in [-0.2, -0.15) is 0 Å². The number of benzene rings is 1. The summed E-state index contributed by atoms with van der Waals surface area (Å²) in [5.74, 6) is -1.23. The van der Waals surface area contributed by atoms with Crippen molar-refractivity contribution < 1.29 is 14.7 Å². The number of hydrogen-bond donors (Lipinski definition) is 1. The number of fused-ring (bicyclic) bond motifs is 1. The number of hydrogen-bond acceptors (Lipinski definition) is 3. The Morgan fingerprint density at radius 3 is 2.14 bits per heavy atom. The van der Waals surface area contributed by atoms with Gasteiger partial charge in [-0.1, -0.05) is 25.5 Å². The molecule has 29 heavy (non-hydrogen) atoms. The lowest BCUT2D eigenvalue weighted by Crippen LogP contribution is -2.65. The molecule has 1 N–H and O–H groups in total. The smallest absolute Gasteiger partial charge is 0.326 e. The third kappa shape index (κ3) is 3.33. The number of aryl methyl sites for hydroxylation is 2. The Labute approximate surface area is 174 Å². The zero-order chi connectivity index (χ0) is 22.5. The van der Waals surface area contributed by atoms with Gasteiger partial charge in [-0.3, -0.25) is 9.69 Å². The molecule has 0 aliphatic rings. The second-order valence-corrected chi connectivity index (χ2v) is 9.06. The van der Waals surface area contributed by atoms with Crippen LogP contribution in [0.25, 0.3) is 10.9 Å². The molecule has 2 unspecified atom stereocenters. The Kier molecular flexibility index (Phi) is 5.92. The summed E-state index contributed by atoms with van der Waals surface area (Å²) in [6.45, 7) is 11.8. The normalized spacial score (nSPS) is 15.4. The summed E-state index contributed by atoms with van der Waals surface area (Å²) >= 11 is 0. The SMILES string of the molecule is Cc1ccc2c(c1)c(C(C)(C)C(C)(C(=O)N(C)C(C)C(=O)O)N(C)C)c(C)n2C.